The molecular formula is C32H41N3O4. The minimum absolute atomic E-state index is 0.150. The van der Waals surface area contributed by atoms with E-state index < -0.39 is 0 Å². The summed E-state index contributed by atoms with van der Waals surface area (Å²) in [5, 5.41) is 9.05. The van der Waals surface area contributed by atoms with E-state index >= 15 is 0 Å². The van der Waals surface area contributed by atoms with Gasteiger partial charge in [-0.3, -0.25) is 19.4 Å². The Hall–Kier alpha value is -3.42. The number of rotatable bonds is 8. The second-order valence-electron chi connectivity index (χ2n) is 10.6. The molecule has 2 heterocycles. The highest BCUT2D eigenvalue weighted by molar-refractivity contribution is 6.07. The quantitative estimate of drug-likeness (QED) is 0.427. The van der Waals surface area contributed by atoms with Gasteiger partial charge < -0.3 is 14.7 Å². The molecule has 1 N–H and O–H groups in total. The van der Waals surface area contributed by atoms with Crippen molar-refractivity contribution in [3.8, 4) is 5.75 Å². The number of carbonyl (C=O) groups excluding carboxylic acids is 1. The van der Waals surface area contributed by atoms with E-state index in [0.29, 0.717) is 0 Å². The monoisotopic (exact) mass is 531 g/mol. The molecule has 3 aromatic carbocycles. The predicted octanol–water partition coefficient (Wildman–Crippen LogP) is 4.65. The number of nitrogens with zero attached hydrogens (tertiary/aromatic N) is 3. The number of carboxylic acid groups (broad SMARTS) is 1. The van der Waals surface area contributed by atoms with E-state index in [1.807, 2.05) is 35.2 Å². The summed E-state index contributed by atoms with van der Waals surface area (Å²) in [5.74, 6) is 1.92. The molecule has 0 aromatic heterocycles. The Morgan fingerprint density at radius 3 is 2.38 bits per heavy atom. The van der Waals surface area contributed by atoms with Gasteiger partial charge in [0.15, 0.2) is 0 Å². The Morgan fingerprint density at radius 1 is 0.923 bits per heavy atom. The number of ether oxygens (including phenoxy) is 1. The molecule has 2 aliphatic rings. The summed E-state index contributed by atoms with van der Waals surface area (Å²) in [5.41, 5.74) is 2.15. The van der Waals surface area contributed by atoms with Gasteiger partial charge in [-0.25, -0.2) is 0 Å². The van der Waals surface area contributed by atoms with Crippen molar-refractivity contribution >= 4 is 23.2 Å². The molecular weight excluding hydrogens is 490 g/mol. The lowest BCUT2D eigenvalue weighted by Crippen LogP contribution is -2.49. The summed E-state index contributed by atoms with van der Waals surface area (Å²) in [7, 11) is 0. The van der Waals surface area contributed by atoms with Gasteiger partial charge >= 0.3 is 0 Å². The number of fused-ring (bicyclic) bond motifs is 1. The minimum atomic E-state index is -0.250. The van der Waals surface area contributed by atoms with Crippen molar-refractivity contribution in [1.82, 2.24) is 14.7 Å². The lowest BCUT2D eigenvalue weighted by molar-refractivity contribution is -0.122. The standard InChI is InChI=1S/C31H39N3O2.CH2O2/c1-25-6-5-16-33(24-25)22-23-36-28-13-11-26(12-14-28)15-17-32-18-20-34(21-19-32)31(35)30-10-4-8-27-7-2-3-9-29(27)30;2-1-3/h2-4,7-14,25H,5-6,15-24H2,1H3;1H,(H,2,3). The molecule has 2 saturated heterocycles. The zero-order chi connectivity index (χ0) is 27.5. The number of piperidine rings is 1. The number of benzene rings is 3. The van der Waals surface area contributed by atoms with Gasteiger partial charge in [-0.1, -0.05) is 55.5 Å². The van der Waals surface area contributed by atoms with Crippen LogP contribution in [0.5, 0.6) is 5.75 Å². The second-order valence-corrected chi connectivity index (χ2v) is 10.6. The molecule has 1 unspecified atom stereocenters. The van der Waals surface area contributed by atoms with E-state index in [0.717, 1.165) is 80.3 Å². The number of carbonyl (C=O) groups is 2. The van der Waals surface area contributed by atoms with Gasteiger partial charge in [-0.15, -0.1) is 0 Å². The number of hydrogen-bond acceptors (Lipinski definition) is 5. The first-order chi connectivity index (χ1) is 19.1. The van der Waals surface area contributed by atoms with Gasteiger partial charge in [0, 0.05) is 51.4 Å². The SMILES string of the molecule is CC1CCCN(CCOc2ccc(CCN3CCN(C(=O)c4cccc5ccccc45)CC3)cc2)C1.O=CO. The van der Waals surface area contributed by atoms with Gasteiger partial charge in [0.1, 0.15) is 12.4 Å². The molecule has 0 saturated carbocycles. The third kappa shape index (κ3) is 8.28. The van der Waals surface area contributed by atoms with Crippen LogP contribution in [-0.4, -0.2) is 91.2 Å². The normalized spacial score (nSPS) is 18.3. The van der Waals surface area contributed by atoms with Crippen molar-refractivity contribution in [3.05, 3.63) is 77.9 Å². The Kier molecular flexibility index (Phi) is 10.7. The fourth-order valence-electron chi connectivity index (χ4n) is 5.58. The molecule has 0 aliphatic carbocycles. The zero-order valence-corrected chi connectivity index (χ0v) is 23.0. The number of amides is 1. The highest BCUT2D eigenvalue weighted by Gasteiger charge is 2.23. The molecule has 1 amide bonds. The van der Waals surface area contributed by atoms with Gasteiger partial charge in [-0.05, 0) is 66.3 Å². The molecule has 208 valence electrons. The van der Waals surface area contributed by atoms with Crippen LogP contribution in [0.1, 0.15) is 35.7 Å². The second kappa shape index (κ2) is 14.7. The Balaban J connectivity index is 0.00000112. The maximum atomic E-state index is 13.2. The molecule has 0 bridgehead atoms. The smallest absolute Gasteiger partial charge is 0.290 e. The van der Waals surface area contributed by atoms with Crippen LogP contribution < -0.4 is 4.74 Å². The molecule has 3 aromatic rings. The minimum Gasteiger partial charge on any atom is -0.492 e. The highest BCUT2D eigenvalue weighted by Crippen LogP contribution is 2.21. The van der Waals surface area contributed by atoms with Crippen molar-refractivity contribution < 1.29 is 19.4 Å². The maximum Gasteiger partial charge on any atom is 0.290 e. The summed E-state index contributed by atoms with van der Waals surface area (Å²) in [6.45, 7) is 10.7. The van der Waals surface area contributed by atoms with Crippen LogP contribution in [0.15, 0.2) is 66.7 Å². The lowest BCUT2D eigenvalue weighted by Gasteiger charge is -2.35. The Labute approximate surface area is 232 Å². The van der Waals surface area contributed by atoms with Crippen LogP contribution in [0.3, 0.4) is 0 Å². The molecule has 7 nitrogen and oxygen atoms in total. The summed E-state index contributed by atoms with van der Waals surface area (Å²) in [4.78, 5) is 28.6. The van der Waals surface area contributed by atoms with E-state index in [9.17, 15) is 4.79 Å². The maximum absolute atomic E-state index is 13.2. The number of hydrogen-bond donors (Lipinski definition) is 1. The average Bonchev–Trinajstić information content (AvgIpc) is 2.97. The molecule has 1 atom stereocenters. The van der Waals surface area contributed by atoms with Gasteiger partial charge in [0.05, 0.1) is 0 Å². The summed E-state index contributed by atoms with van der Waals surface area (Å²) in [6.07, 6.45) is 3.69. The van der Waals surface area contributed by atoms with Gasteiger partial charge in [0.25, 0.3) is 12.4 Å². The molecule has 39 heavy (non-hydrogen) atoms. The third-order valence-corrected chi connectivity index (χ3v) is 7.74. The van der Waals surface area contributed by atoms with Crippen molar-refractivity contribution in [1.29, 1.82) is 0 Å². The van der Waals surface area contributed by atoms with Crippen LogP contribution in [0.4, 0.5) is 0 Å². The first-order valence-electron chi connectivity index (χ1n) is 14.1. The molecule has 2 fully saturated rings. The highest BCUT2D eigenvalue weighted by atomic mass is 16.5. The summed E-state index contributed by atoms with van der Waals surface area (Å²) in [6, 6.07) is 22.7. The van der Waals surface area contributed by atoms with E-state index in [-0.39, 0.29) is 12.4 Å². The molecule has 2 aliphatic heterocycles. The van der Waals surface area contributed by atoms with Crippen LogP contribution in [0.2, 0.25) is 0 Å². The topological polar surface area (TPSA) is 73.3 Å². The molecule has 5 rings (SSSR count). The molecule has 7 heteroatoms. The van der Waals surface area contributed by atoms with Crippen molar-refractivity contribution in [2.45, 2.75) is 26.2 Å². The van der Waals surface area contributed by atoms with Crippen molar-refractivity contribution in [3.63, 3.8) is 0 Å². The lowest BCUT2D eigenvalue weighted by atomic mass is 10.0. The van der Waals surface area contributed by atoms with Crippen LogP contribution in [0.25, 0.3) is 10.8 Å². The fourth-order valence-corrected chi connectivity index (χ4v) is 5.58. The van der Waals surface area contributed by atoms with E-state index in [2.05, 4.69) is 53.1 Å². The summed E-state index contributed by atoms with van der Waals surface area (Å²) < 4.78 is 6.00. The first-order valence-corrected chi connectivity index (χ1v) is 14.1. The van der Waals surface area contributed by atoms with Crippen molar-refractivity contribution in [2.75, 3.05) is 59.0 Å². The Morgan fingerprint density at radius 2 is 1.64 bits per heavy atom. The average molecular weight is 532 g/mol. The van der Waals surface area contributed by atoms with Gasteiger partial charge in [0.2, 0.25) is 0 Å². The Bertz CT molecular complexity index is 1190. The zero-order valence-electron chi connectivity index (χ0n) is 23.0. The fraction of sp³-hybridized carbons (Fsp3) is 0.438. The van der Waals surface area contributed by atoms with E-state index in [4.69, 9.17) is 14.6 Å². The predicted molar refractivity (Wildman–Crippen MR) is 155 cm³/mol. The molecule has 0 radical (unpaired) electrons. The van der Waals surface area contributed by atoms with E-state index in [1.54, 1.807) is 0 Å². The van der Waals surface area contributed by atoms with Crippen LogP contribution >= 0.6 is 0 Å². The van der Waals surface area contributed by atoms with Crippen molar-refractivity contribution in [2.24, 2.45) is 5.92 Å². The third-order valence-electron chi connectivity index (χ3n) is 7.74. The van der Waals surface area contributed by atoms with Gasteiger partial charge in [-0.2, -0.15) is 0 Å². The number of likely N-dealkylation sites (tertiary alicyclic amines) is 1. The van der Waals surface area contributed by atoms with E-state index in [1.165, 1.54) is 31.5 Å². The number of piperazine rings is 1. The summed E-state index contributed by atoms with van der Waals surface area (Å²) >= 11 is 0. The van der Waals surface area contributed by atoms with Crippen LogP contribution in [0, 0.1) is 5.92 Å². The largest absolute Gasteiger partial charge is 0.492 e. The molecule has 0 spiro atoms. The first kappa shape index (κ1) is 28.6. The van der Waals surface area contributed by atoms with Crippen LogP contribution in [-0.2, 0) is 11.2 Å².